The SMILES string of the molecule is C=C(Br)Cc1ccccc1Oc1ccccc1. The van der Waals surface area contributed by atoms with Gasteiger partial charge in [0.2, 0.25) is 0 Å². The summed E-state index contributed by atoms with van der Waals surface area (Å²) in [5.74, 6) is 1.72. The van der Waals surface area contributed by atoms with Gasteiger partial charge in [-0.15, -0.1) is 0 Å². The van der Waals surface area contributed by atoms with Gasteiger partial charge in [0.15, 0.2) is 0 Å². The molecule has 86 valence electrons. The summed E-state index contributed by atoms with van der Waals surface area (Å²) in [6.07, 6.45) is 0.767. The molecule has 2 rings (SSSR count). The van der Waals surface area contributed by atoms with Gasteiger partial charge in [-0.3, -0.25) is 0 Å². The fourth-order valence-corrected chi connectivity index (χ4v) is 1.87. The molecule has 0 aliphatic heterocycles. The van der Waals surface area contributed by atoms with Crippen LogP contribution in [0.5, 0.6) is 11.5 Å². The predicted octanol–water partition coefficient (Wildman–Crippen LogP) is 4.93. The summed E-state index contributed by atoms with van der Waals surface area (Å²) in [6, 6.07) is 17.8. The summed E-state index contributed by atoms with van der Waals surface area (Å²) >= 11 is 3.38. The summed E-state index contributed by atoms with van der Waals surface area (Å²) in [4.78, 5) is 0. The highest BCUT2D eigenvalue weighted by atomic mass is 79.9. The molecule has 0 fully saturated rings. The van der Waals surface area contributed by atoms with Crippen LogP contribution in [-0.2, 0) is 6.42 Å². The Bertz CT molecular complexity index is 505. The van der Waals surface area contributed by atoms with Crippen molar-refractivity contribution in [2.75, 3.05) is 0 Å². The lowest BCUT2D eigenvalue weighted by atomic mass is 10.1. The second-order valence-electron chi connectivity index (χ2n) is 3.72. The number of halogens is 1. The molecule has 0 aromatic heterocycles. The largest absolute Gasteiger partial charge is 0.457 e. The second-order valence-corrected chi connectivity index (χ2v) is 4.84. The topological polar surface area (TPSA) is 9.23 Å². The van der Waals surface area contributed by atoms with Crippen molar-refractivity contribution in [1.29, 1.82) is 0 Å². The van der Waals surface area contributed by atoms with Crippen LogP contribution in [0.4, 0.5) is 0 Å². The molecule has 0 amide bonds. The maximum atomic E-state index is 5.85. The van der Waals surface area contributed by atoms with Gasteiger partial charge in [-0.2, -0.15) is 0 Å². The second kappa shape index (κ2) is 5.69. The molecule has 0 aliphatic rings. The highest BCUT2D eigenvalue weighted by Crippen LogP contribution is 2.27. The number of ether oxygens (including phenoxy) is 1. The van der Waals surface area contributed by atoms with Crippen molar-refractivity contribution in [3.63, 3.8) is 0 Å². The first-order chi connectivity index (χ1) is 8.25. The van der Waals surface area contributed by atoms with E-state index in [0.29, 0.717) is 0 Å². The van der Waals surface area contributed by atoms with Gasteiger partial charge in [0.05, 0.1) is 0 Å². The Morgan fingerprint density at radius 3 is 2.35 bits per heavy atom. The maximum absolute atomic E-state index is 5.85. The average molecular weight is 289 g/mol. The van der Waals surface area contributed by atoms with Gasteiger partial charge in [0.25, 0.3) is 0 Å². The number of para-hydroxylation sites is 2. The third-order valence-corrected chi connectivity index (χ3v) is 2.61. The molecule has 0 spiro atoms. The maximum Gasteiger partial charge on any atom is 0.130 e. The standard InChI is InChI=1S/C15H13BrO/c1-12(16)11-13-7-5-6-10-15(13)17-14-8-3-2-4-9-14/h2-10H,1,11H2. The third-order valence-electron chi connectivity index (χ3n) is 2.33. The van der Waals surface area contributed by atoms with E-state index in [9.17, 15) is 0 Å². The quantitative estimate of drug-likeness (QED) is 0.775. The number of hydrogen-bond acceptors (Lipinski definition) is 1. The minimum absolute atomic E-state index is 0.767. The lowest BCUT2D eigenvalue weighted by Crippen LogP contribution is -1.91. The zero-order valence-corrected chi connectivity index (χ0v) is 11.0. The van der Waals surface area contributed by atoms with Gasteiger partial charge in [0, 0.05) is 6.42 Å². The summed E-state index contributed by atoms with van der Waals surface area (Å²) in [5.41, 5.74) is 1.12. The Morgan fingerprint density at radius 1 is 1.00 bits per heavy atom. The first-order valence-corrected chi connectivity index (χ1v) is 6.19. The highest BCUT2D eigenvalue weighted by Gasteiger charge is 2.04. The Kier molecular flexibility index (Phi) is 3.99. The molecule has 0 saturated heterocycles. The Balaban J connectivity index is 2.23. The summed E-state index contributed by atoms with van der Waals surface area (Å²) in [6.45, 7) is 3.86. The van der Waals surface area contributed by atoms with Crippen molar-refractivity contribution >= 4 is 15.9 Å². The van der Waals surface area contributed by atoms with Gasteiger partial charge >= 0.3 is 0 Å². The highest BCUT2D eigenvalue weighted by molar-refractivity contribution is 9.11. The van der Waals surface area contributed by atoms with E-state index in [1.807, 2.05) is 54.6 Å². The number of rotatable bonds is 4. The van der Waals surface area contributed by atoms with E-state index in [-0.39, 0.29) is 0 Å². The monoisotopic (exact) mass is 288 g/mol. The van der Waals surface area contributed by atoms with Gasteiger partial charge in [-0.05, 0) is 28.2 Å². The van der Waals surface area contributed by atoms with E-state index in [0.717, 1.165) is 28.0 Å². The normalized spacial score (nSPS) is 9.94. The number of benzene rings is 2. The number of hydrogen-bond donors (Lipinski definition) is 0. The van der Waals surface area contributed by atoms with Gasteiger partial charge in [-0.25, -0.2) is 0 Å². The molecule has 0 aliphatic carbocycles. The molecular weight excluding hydrogens is 276 g/mol. The van der Waals surface area contributed by atoms with Crippen LogP contribution in [0.2, 0.25) is 0 Å². The summed E-state index contributed by atoms with van der Waals surface area (Å²) < 4.78 is 6.79. The first kappa shape index (κ1) is 11.9. The number of allylic oxidation sites excluding steroid dienone is 1. The summed E-state index contributed by atoms with van der Waals surface area (Å²) in [5, 5.41) is 0. The molecule has 0 heterocycles. The smallest absolute Gasteiger partial charge is 0.130 e. The molecular formula is C15H13BrO. The van der Waals surface area contributed by atoms with Gasteiger partial charge in [-0.1, -0.05) is 58.9 Å². The Hall–Kier alpha value is -1.54. The van der Waals surface area contributed by atoms with Crippen molar-refractivity contribution in [2.24, 2.45) is 0 Å². The molecule has 17 heavy (non-hydrogen) atoms. The minimum Gasteiger partial charge on any atom is -0.457 e. The molecule has 2 aromatic rings. The van der Waals surface area contributed by atoms with Gasteiger partial charge in [0.1, 0.15) is 11.5 Å². The fraction of sp³-hybridized carbons (Fsp3) is 0.0667. The van der Waals surface area contributed by atoms with Crippen molar-refractivity contribution in [1.82, 2.24) is 0 Å². The van der Waals surface area contributed by atoms with Crippen molar-refractivity contribution in [2.45, 2.75) is 6.42 Å². The van der Waals surface area contributed by atoms with E-state index in [1.165, 1.54) is 0 Å². The van der Waals surface area contributed by atoms with Gasteiger partial charge < -0.3 is 4.74 Å². The molecule has 0 unspecified atom stereocenters. The lowest BCUT2D eigenvalue weighted by molar-refractivity contribution is 0.477. The molecule has 0 radical (unpaired) electrons. The predicted molar refractivity (Wildman–Crippen MR) is 74.7 cm³/mol. The van der Waals surface area contributed by atoms with Crippen LogP contribution < -0.4 is 4.74 Å². The van der Waals surface area contributed by atoms with Crippen LogP contribution >= 0.6 is 15.9 Å². The molecule has 2 heteroatoms. The third kappa shape index (κ3) is 3.46. The average Bonchev–Trinajstić information content (AvgIpc) is 2.32. The zero-order valence-electron chi connectivity index (χ0n) is 9.40. The zero-order chi connectivity index (χ0) is 12.1. The molecule has 2 aromatic carbocycles. The van der Waals surface area contributed by atoms with E-state index in [2.05, 4.69) is 22.5 Å². The lowest BCUT2D eigenvalue weighted by Gasteiger charge is -2.10. The van der Waals surface area contributed by atoms with Crippen LogP contribution in [0.1, 0.15) is 5.56 Å². The van der Waals surface area contributed by atoms with Crippen molar-refractivity contribution in [3.8, 4) is 11.5 Å². The van der Waals surface area contributed by atoms with Crippen molar-refractivity contribution < 1.29 is 4.74 Å². The van der Waals surface area contributed by atoms with E-state index in [4.69, 9.17) is 4.74 Å². The van der Waals surface area contributed by atoms with Crippen molar-refractivity contribution in [3.05, 3.63) is 71.2 Å². The first-order valence-electron chi connectivity index (χ1n) is 5.40. The Morgan fingerprint density at radius 2 is 1.65 bits per heavy atom. The van der Waals surface area contributed by atoms with Crippen LogP contribution in [0.25, 0.3) is 0 Å². The van der Waals surface area contributed by atoms with Crippen LogP contribution in [-0.4, -0.2) is 0 Å². The van der Waals surface area contributed by atoms with E-state index < -0.39 is 0 Å². The fourth-order valence-electron chi connectivity index (χ4n) is 1.57. The molecule has 0 bridgehead atoms. The van der Waals surface area contributed by atoms with E-state index >= 15 is 0 Å². The van der Waals surface area contributed by atoms with E-state index in [1.54, 1.807) is 0 Å². The molecule has 0 N–H and O–H groups in total. The Labute approximate surface area is 110 Å². The van der Waals surface area contributed by atoms with Crippen LogP contribution in [0, 0.1) is 0 Å². The van der Waals surface area contributed by atoms with Crippen LogP contribution in [0.3, 0.4) is 0 Å². The minimum atomic E-state index is 0.767. The molecule has 0 saturated carbocycles. The van der Waals surface area contributed by atoms with Crippen LogP contribution in [0.15, 0.2) is 65.7 Å². The molecule has 0 atom stereocenters. The summed E-state index contributed by atoms with van der Waals surface area (Å²) in [7, 11) is 0. The molecule has 1 nitrogen and oxygen atoms in total.